The number of hydrogen-bond acceptors (Lipinski definition) is 4. The van der Waals surface area contributed by atoms with Gasteiger partial charge in [-0.25, -0.2) is 0 Å². The molecule has 0 radical (unpaired) electrons. The van der Waals surface area contributed by atoms with Gasteiger partial charge >= 0.3 is 0 Å². The Balaban J connectivity index is 1.58. The van der Waals surface area contributed by atoms with Crippen molar-refractivity contribution in [2.45, 2.75) is 50.9 Å². The quantitative estimate of drug-likeness (QED) is 0.920. The zero-order valence-electron chi connectivity index (χ0n) is 12.3. The zero-order chi connectivity index (χ0) is 14.0. The number of aliphatic hydroxyl groups is 1. The van der Waals surface area contributed by atoms with Gasteiger partial charge in [-0.2, -0.15) is 0 Å². The molecule has 0 amide bonds. The maximum absolute atomic E-state index is 10.7. The molecule has 4 heteroatoms. The molecule has 0 spiro atoms. The van der Waals surface area contributed by atoms with Crippen molar-refractivity contribution in [2.24, 2.45) is 5.92 Å². The largest absolute Gasteiger partial charge is 0.462 e. The molecule has 0 bridgehead atoms. The second-order valence-corrected chi connectivity index (χ2v) is 6.33. The van der Waals surface area contributed by atoms with Crippen LogP contribution in [0.5, 0.6) is 0 Å². The third kappa shape index (κ3) is 2.92. The number of ether oxygens (including phenoxy) is 1. The summed E-state index contributed by atoms with van der Waals surface area (Å²) in [5.74, 6) is 2.32. The maximum atomic E-state index is 10.7. The van der Waals surface area contributed by atoms with Crippen LogP contribution in [0.2, 0.25) is 0 Å². The van der Waals surface area contributed by atoms with E-state index < -0.39 is 0 Å². The summed E-state index contributed by atoms with van der Waals surface area (Å²) in [5.41, 5.74) is -0.390. The Hall–Kier alpha value is -0.840. The fourth-order valence-electron chi connectivity index (χ4n) is 3.73. The van der Waals surface area contributed by atoms with E-state index in [4.69, 9.17) is 9.15 Å². The van der Waals surface area contributed by atoms with Crippen molar-refractivity contribution in [3.8, 4) is 0 Å². The molecule has 1 aromatic heterocycles. The molecule has 1 saturated heterocycles. The van der Waals surface area contributed by atoms with Crippen LogP contribution in [0.3, 0.4) is 0 Å². The summed E-state index contributed by atoms with van der Waals surface area (Å²) in [5, 5.41) is 10.7. The van der Waals surface area contributed by atoms with Gasteiger partial charge in [-0.05, 0) is 31.4 Å². The van der Waals surface area contributed by atoms with E-state index >= 15 is 0 Å². The lowest BCUT2D eigenvalue weighted by Crippen LogP contribution is -2.52. The zero-order valence-corrected chi connectivity index (χ0v) is 12.3. The number of fused-ring (bicyclic) bond motifs is 1. The van der Waals surface area contributed by atoms with Gasteiger partial charge < -0.3 is 14.3 Å². The summed E-state index contributed by atoms with van der Waals surface area (Å²) < 4.78 is 10.8. The molecular weight excluding hydrogens is 254 g/mol. The van der Waals surface area contributed by atoms with Crippen molar-refractivity contribution in [1.29, 1.82) is 0 Å². The van der Waals surface area contributed by atoms with Gasteiger partial charge in [-0.1, -0.05) is 12.8 Å². The number of methoxy groups -OCH3 is 1. The Labute approximate surface area is 120 Å². The van der Waals surface area contributed by atoms with E-state index in [0.717, 1.165) is 44.0 Å². The highest BCUT2D eigenvalue weighted by Gasteiger charge is 2.42. The van der Waals surface area contributed by atoms with Gasteiger partial charge in [0.05, 0.1) is 12.1 Å². The van der Waals surface area contributed by atoms with Crippen molar-refractivity contribution in [3.05, 3.63) is 23.7 Å². The minimum absolute atomic E-state index is 0.390. The highest BCUT2D eigenvalue weighted by molar-refractivity contribution is 5.07. The Morgan fingerprint density at radius 2 is 2.20 bits per heavy atom. The third-order valence-corrected chi connectivity index (χ3v) is 4.90. The summed E-state index contributed by atoms with van der Waals surface area (Å²) >= 11 is 0. The standard InChI is InChI=1S/C16H25NO3/c1-19-12-15-6-5-14(20-15)11-17-9-8-16(18)7-3-2-4-13(16)10-17/h5-6,13,18H,2-4,7-12H2,1H3/t13-,16-/m1/s1. The summed E-state index contributed by atoms with van der Waals surface area (Å²) in [6, 6.07) is 4.02. The molecule has 1 saturated carbocycles. The van der Waals surface area contributed by atoms with Crippen molar-refractivity contribution >= 4 is 0 Å². The van der Waals surface area contributed by atoms with Crippen LogP contribution < -0.4 is 0 Å². The molecule has 112 valence electrons. The molecular formula is C16H25NO3. The lowest BCUT2D eigenvalue weighted by molar-refractivity contribution is -0.0976. The van der Waals surface area contributed by atoms with E-state index in [1.165, 1.54) is 19.3 Å². The highest BCUT2D eigenvalue weighted by atomic mass is 16.5. The van der Waals surface area contributed by atoms with Crippen molar-refractivity contribution in [1.82, 2.24) is 4.90 Å². The molecule has 0 aromatic carbocycles. The van der Waals surface area contributed by atoms with Crippen LogP contribution in [0.4, 0.5) is 0 Å². The monoisotopic (exact) mass is 279 g/mol. The van der Waals surface area contributed by atoms with E-state index in [2.05, 4.69) is 4.90 Å². The van der Waals surface area contributed by atoms with Gasteiger partial charge in [0.15, 0.2) is 0 Å². The van der Waals surface area contributed by atoms with E-state index in [9.17, 15) is 5.11 Å². The highest BCUT2D eigenvalue weighted by Crippen LogP contribution is 2.40. The van der Waals surface area contributed by atoms with Gasteiger partial charge in [0, 0.05) is 26.1 Å². The number of rotatable bonds is 4. The number of nitrogens with zero attached hydrogens (tertiary/aromatic N) is 1. The molecule has 2 atom stereocenters. The topological polar surface area (TPSA) is 45.8 Å². The lowest BCUT2D eigenvalue weighted by Gasteiger charge is -2.47. The van der Waals surface area contributed by atoms with Crippen LogP contribution >= 0.6 is 0 Å². The molecule has 1 aliphatic carbocycles. The number of hydrogen-bond donors (Lipinski definition) is 1. The number of piperidine rings is 1. The Morgan fingerprint density at radius 3 is 3.05 bits per heavy atom. The molecule has 1 aromatic rings. The van der Waals surface area contributed by atoms with Crippen LogP contribution in [0.25, 0.3) is 0 Å². The predicted molar refractivity (Wildman–Crippen MR) is 76.2 cm³/mol. The minimum atomic E-state index is -0.390. The van der Waals surface area contributed by atoms with E-state index in [0.29, 0.717) is 12.5 Å². The van der Waals surface area contributed by atoms with Crippen LogP contribution in [-0.2, 0) is 17.9 Å². The molecule has 1 N–H and O–H groups in total. The van der Waals surface area contributed by atoms with Crippen LogP contribution in [0.1, 0.15) is 43.6 Å². The summed E-state index contributed by atoms with van der Waals surface area (Å²) in [4.78, 5) is 2.42. The van der Waals surface area contributed by atoms with E-state index in [-0.39, 0.29) is 5.60 Å². The van der Waals surface area contributed by atoms with Gasteiger partial charge in [-0.15, -0.1) is 0 Å². The molecule has 3 rings (SSSR count). The SMILES string of the molecule is COCc1ccc(CN2CC[C@]3(O)CCCC[C@@H]3C2)o1. The summed E-state index contributed by atoms with van der Waals surface area (Å²) in [6.45, 7) is 3.34. The van der Waals surface area contributed by atoms with Crippen LogP contribution in [0.15, 0.2) is 16.5 Å². The average Bonchev–Trinajstić information content (AvgIpc) is 2.87. The molecule has 0 unspecified atom stereocenters. The number of furan rings is 1. The second-order valence-electron chi connectivity index (χ2n) is 6.33. The Kier molecular flexibility index (Phi) is 4.15. The van der Waals surface area contributed by atoms with Gasteiger partial charge in [0.2, 0.25) is 0 Å². The van der Waals surface area contributed by atoms with Crippen molar-refractivity contribution in [3.63, 3.8) is 0 Å². The number of likely N-dealkylation sites (tertiary alicyclic amines) is 1. The first kappa shape index (κ1) is 14.1. The fourth-order valence-corrected chi connectivity index (χ4v) is 3.73. The van der Waals surface area contributed by atoms with Gasteiger partial charge in [0.1, 0.15) is 18.1 Å². The van der Waals surface area contributed by atoms with Gasteiger partial charge in [0.25, 0.3) is 0 Å². The van der Waals surface area contributed by atoms with Gasteiger partial charge in [-0.3, -0.25) is 4.90 Å². The summed E-state index contributed by atoms with van der Waals surface area (Å²) in [6.07, 6.45) is 5.51. The first-order chi connectivity index (χ1) is 9.69. The predicted octanol–water partition coefficient (Wildman–Crippen LogP) is 2.55. The fraction of sp³-hybridized carbons (Fsp3) is 0.750. The Bertz CT molecular complexity index is 445. The van der Waals surface area contributed by atoms with Crippen molar-refractivity contribution < 1.29 is 14.3 Å². The smallest absolute Gasteiger partial charge is 0.129 e. The molecule has 2 heterocycles. The minimum Gasteiger partial charge on any atom is -0.462 e. The Morgan fingerprint density at radius 1 is 1.35 bits per heavy atom. The normalized spacial score (nSPS) is 31.2. The third-order valence-electron chi connectivity index (χ3n) is 4.90. The van der Waals surface area contributed by atoms with E-state index in [1.807, 2.05) is 12.1 Å². The molecule has 2 fully saturated rings. The first-order valence-electron chi connectivity index (χ1n) is 7.71. The first-order valence-corrected chi connectivity index (χ1v) is 7.71. The second kappa shape index (κ2) is 5.88. The van der Waals surface area contributed by atoms with E-state index in [1.54, 1.807) is 7.11 Å². The molecule has 20 heavy (non-hydrogen) atoms. The lowest BCUT2D eigenvalue weighted by atomic mass is 9.71. The maximum Gasteiger partial charge on any atom is 0.129 e. The molecule has 1 aliphatic heterocycles. The van der Waals surface area contributed by atoms with Crippen LogP contribution in [-0.4, -0.2) is 35.8 Å². The van der Waals surface area contributed by atoms with Crippen LogP contribution in [0, 0.1) is 5.92 Å². The molecule has 4 nitrogen and oxygen atoms in total. The summed E-state index contributed by atoms with van der Waals surface area (Å²) in [7, 11) is 1.68. The average molecular weight is 279 g/mol. The molecule has 2 aliphatic rings. The van der Waals surface area contributed by atoms with Crippen molar-refractivity contribution in [2.75, 3.05) is 20.2 Å².